The van der Waals surface area contributed by atoms with Crippen LogP contribution in [0.5, 0.6) is 0 Å². The van der Waals surface area contributed by atoms with E-state index in [1.165, 1.54) is 0 Å². The van der Waals surface area contributed by atoms with Crippen molar-refractivity contribution in [3.05, 3.63) is 0 Å². The van der Waals surface area contributed by atoms with Gasteiger partial charge in [0.05, 0.1) is 39.1 Å². The van der Waals surface area contributed by atoms with Crippen molar-refractivity contribution >= 4 is 0 Å². The number of aliphatic hydroxyl groups is 1. The third-order valence-corrected chi connectivity index (χ3v) is 3.48. The van der Waals surface area contributed by atoms with Gasteiger partial charge in [-0.3, -0.25) is 0 Å². The molecule has 1 aliphatic carbocycles. The van der Waals surface area contributed by atoms with Gasteiger partial charge in [-0.15, -0.1) is 0 Å². The van der Waals surface area contributed by atoms with E-state index in [-0.39, 0.29) is 6.10 Å². The highest BCUT2D eigenvalue weighted by atomic mass is 16.5. The first kappa shape index (κ1) is 16.9. The predicted molar refractivity (Wildman–Crippen MR) is 74.3 cm³/mol. The molecule has 1 fully saturated rings. The van der Waals surface area contributed by atoms with Gasteiger partial charge >= 0.3 is 0 Å². The molecule has 0 radical (unpaired) electrons. The zero-order valence-corrected chi connectivity index (χ0v) is 12.1. The molecule has 0 saturated heterocycles. The SMILES string of the molecule is COCCOCCOCCNCC1CCC(O)CC1. The highest BCUT2D eigenvalue weighted by molar-refractivity contribution is 4.72. The van der Waals surface area contributed by atoms with Crippen LogP contribution in [-0.2, 0) is 14.2 Å². The summed E-state index contributed by atoms with van der Waals surface area (Å²) in [6, 6.07) is 0. The Morgan fingerprint density at radius 2 is 1.58 bits per heavy atom. The van der Waals surface area contributed by atoms with E-state index < -0.39 is 0 Å². The number of hydrogen-bond acceptors (Lipinski definition) is 5. The molecule has 0 aromatic heterocycles. The molecule has 19 heavy (non-hydrogen) atoms. The molecular weight excluding hydrogens is 246 g/mol. The number of methoxy groups -OCH3 is 1. The molecule has 0 aromatic carbocycles. The first-order chi connectivity index (χ1) is 9.33. The Morgan fingerprint density at radius 3 is 2.26 bits per heavy atom. The van der Waals surface area contributed by atoms with Gasteiger partial charge in [0.15, 0.2) is 0 Å². The van der Waals surface area contributed by atoms with Crippen LogP contribution < -0.4 is 5.32 Å². The van der Waals surface area contributed by atoms with Gasteiger partial charge in [-0.1, -0.05) is 0 Å². The second-order valence-electron chi connectivity index (χ2n) is 5.10. The first-order valence-corrected chi connectivity index (χ1v) is 7.36. The largest absolute Gasteiger partial charge is 0.393 e. The maximum Gasteiger partial charge on any atom is 0.0701 e. The molecule has 0 atom stereocenters. The van der Waals surface area contributed by atoms with Crippen molar-refractivity contribution in [1.82, 2.24) is 5.32 Å². The highest BCUT2D eigenvalue weighted by Crippen LogP contribution is 2.23. The number of aliphatic hydroxyl groups excluding tert-OH is 1. The fraction of sp³-hybridized carbons (Fsp3) is 1.00. The van der Waals surface area contributed by atoms with Crippen LogP contribution in [0.1, 0.15) is 25.7 Å². The van der Waals surface area contributed by atoms with Gasteiger partial charge in [0.25, 0.3) is 0 Å². The van der Waals surface area contributed by atoms with Crippen molar-refractivity contribution in [1.29, 1.82) is 0 Å². The maximum absolute atomic E-state index is 9.41. The fourth-order valence-electron chi connectivity index (χ4n) is 2.26. The summed E-state index contributed by atoms with van der Waals surface area (Å²) in [5.74, 6) is 0.723. The summed E-state index contributed by atoms with van der Waals surface area (Å²) >= 11 is 0. The van der Waals surface area contributed by atoms with Crippen LogP contribution in [-0.4, -0.2) is 64.4 Å². The van der Waals surface area contributed by atoms with Gasteiger partial charge in [-0.2, -0.15) is 0 Å². The van der Waals surface area contributed by atoms with Crippen molar-refractivity contribution in [3.63, 3.8) is 0 Å². The van der Waals surface area contributed by atoms with Crippen LogP contribution in [0.3, 0.4) is 0 Å². The normalized spacial score (nSPS) is 23.7. The van der Waals surface area contributed by atoms with Gasteiger partial charge < -0.3 is 24.6 Å². The summed E-state index contributed by atoms with van der Waals surface area (Å²) in [7, 11) is 1.67. The molecule has 0 bridgehead atoms. The van der Waals surface area contributed by atoms with Crippen LogP contribution in [0.4, 0.5) is 0 Å². The summed E-state index contributed by atoms with van der Waals surface area (Å²) in [5, 5.41) is 12.8. The fourth-order valence-corrected chi connectivity index (χ4v) is 2.26. The summed E-state index contributed by atoms with van der Waals surface area (Å²) in [6.45, 7) is 5.19. The number of nitrogens with one attached hydrogen (secondary N) is 1. The summed E-state index contributed by atoms with van der Waals surface area (Å²) in [4.78, 5) is 0. The molecule has 5 nitrogen and oxygen atoms in total. The molecule has 1 aliphatic rings. The smallest absolute Gasteiger partial charge is 0.0701 e. The Labute approximate surface area is 116 Å². The van der Waals surface area contributed by atoms with Crippen LogP contribution in [0, 0.1) is 5.92 Å². The molecule has 0 aliphatic heterocycles. The molecule has 2 N–H and O–H groups in total. The van der Waals surface area contributed by atoms with Gasteiger partial charge in [0, 0.05) is 13.7 Å². The Morgan fingerprint density at radius 1 is 0.947 bits per heavy atom. The second-order valence-corrected chi connectivity index (χ2v) is 5.10. The van der Waals surface area contributed by atoms with Gasteiger partial charge in [-0.05, 0) is 38.1 Å². The van der Waals surface area contributed by atoms with E-state index in [0.29, 0.717) is 26.4 Å². The van der Waals surface area contributed by atoms with Crippen molar-refractivity contribution in [2.45, 2.75) is 31.8 Å². The van der Waals surface area contributed by atoms with Gasteiger partial charge in [0.1, 0.15) is 0 Å². The van der Waals surface area contributed by atoms with E-state index in [0.717, 1.165) is 51.3 Å². The van der Waals surface area contributed by atoms with Crippen molar-refractivity contribution in [2.75, 3.05) is 53.2 Å². The summed E-state index contributed by atoms with van der Waals surface area (Å²) in [6.07, 6.45) is 4.14. The first-order valence-electron chi connectivity index (χ1n) is 7.36. The van der Waals surface area contributed by atoms with Gasteiger partial charge in [-0.25, -0.2) is 0 Å². The highest BCUT2D eigenvalue weighted by Gasteiger charge is 2.18. The second kappa shape index (κ2) is 11.6. The summed E-state index contributed by atoms with van der Waals surface area (Å²) in [5.41, 5.74) is 0. The molecule has 1 rings (SSSR count). The van der Waals surface area contributed by atoms with Gasteiger partial charge in [0.2, 0.25) is 0 Å². The molecule has 0 spiro atoms. The van der Waals surface area contributed by atoms with Crippen LogP contribution >= 0.6 is 0 Å². The molecule has 0 amide bonds. The molecule has 1 saturated carbocycles. The lowest BCUT2D eigenvalue weighted by Gasteiger charge is -2.25. The third kappa shape index (κ3) is 9.35. The lowest BCUT2D eigenvalue weighted by molar-refractivity contribution is 0.0253. The topological polar surface area (TPSA) is 60.0 Å². The standard InChI is InChI=1S/C14H29NO4/c1-17-8-9-19-11-10-18-7-6-15-12-13-2-4-14(16)5-3-13/h13-16H,2-12H2,1H3. The van der Waals surface area contributed by atoms with Crippen LogP contribution in [0.25, 0.3) is 0 Å². The Kier molecular flexibility index (Phi) is 10.3. The minimum absolute atomic E-state index is 0.0577. The zero-order valence-electron chi connectivity index (χ0n) is 12.1. The van der Waals surface area contributed by atoms with E-state index in [2.05, 4.69) is 5.32 Å². The van der Waals surface area contributed by atoms with Crippen molar-refractivity contribution < 1.29 is 19.3 Å². The number of rotatable bonds is 11. The molecule has 5 heteroatoms. The molecule has 0 unspecified atom stereocenters. The average molecular weight is 275 g/mol. The van der Waals surface area contributed by atoms with E-state index in [4.69, 9.17) is 14.2 Å². The Bertz CT molecular complexity index is 196. The van der Waals surface area contributed by atoms with E-state index >= 15 is 0 Å². The molecule has 114 valence electrons. The minimum Gasteiger partial charge on any atom is -0.393 e. The lowest BCUT2D eigenvalue weighted by Crippen LogP contribution is -2.30. The Hall–Kier alpha value is -0.200. The van der Waals surface area contributed by atoms with E-state index in [9.17, 15) is 5.11 Å². The minimum atomic E-state index is -0.0577. The third-order valence-electron chi connectivity index (χ3n) is 3.48. The average Bonchev–Trinajstić information content (AvgIpc) is 2.43. The Balaban J connectivity index is 1.76. The quantitative estimate of drug-likeness (QED) is 0.546. The van der Waals surface area contributed by atoms with Crippen LogP contribution in [0.15, 0.2) is 0 Å². The van der Waals surface area contributed by atoms with E-state index in [1.807, 2.05) is 0 Å². The number of hydrogen-bond donors (Lipinski definition) is 2. The van der Waals surface area contributed by atoms with Crippen molar-refractivity contribution in [2.24, 2.45) is 5.92 Å². The lowest BCUT2D eigenvalue weighted by atomic mass is 9.87. The maximum atomic E-state index is 9.41. The molecule has 0 aromatic rings. The molecular formula is C14H29NO4. The molecule has 0 heterocycles. The monoisotopic (exact) mass is 275 g/mol. The van der Waals surface area contributed by atoms with Crippen molar-refractivity contribution in [3.8, 4) is 0 Å². The number of ether oxygens (including phenoxy) is 3. The zero-order chi connectivity index (χ0) is 13.8. The van der Waals surface area contributed by atoms with E-state index in [1.54, 1.807) is 7.11 Å². The summed E-state index contributed by atoms with van der Waals surface area (Å²) < 4.78 is 15.6. The van der Waals surface area contributed by atoms with Crippen LogP contribution in [0.2, 0.25) is 0 Å². The predicted octanol–water partition coefficient (Wildman–Crippen LogP) is 0.807.